The topological polar surface area (TPSA) is 10.8 Å². The molecule has 5 atom stereocenters. The average Bonchev–Trinajstić information content (AvgIpc) is 3.29. The second-order valence-corrected chi connectivity index (χ2v) is 21.2. The van der Waals surface area contributed by atoms with E-state index in [1.165, 1.54) is 141 Å². The Labute approximate surface area is 375 Å². The maximum absolute atomic E-state index is 7.59. The van der Waals surface area contributed by atoms with Crippen LogP contribution in [0.15, 0.2) is 121 Å². The first kappa shape index (κ1) is 38.8. The van der Waals surface area contributed by atoms with Gasteiger partial charge in [0.25, 0.3) is 0 Å². The zero-order valence-corrected chi connectivity index (χ0v) is 37.8. The van der Waals surface area contributed by atoms with Crippen LogP contribution in [0.3, 0.4) is 0 Å². The Kier molecular flexibility index (Phi) is 8.51. The van der Waals surface area contributed by atoms with Gasteiger partial charge in [0, 0.05) is 39.7 Å². The van der Waals surface area contributed by atoms with Crippen molar-refractivity contribution in [3.05, 3.63) is 172 Å². The SMILES string of the molecule is [C-]#[N+]c1ccc(N2c3ccc(-c4ccc5c6c7c(ccc46)C=CC(c4ccc6c(c4)CC4(C)CCCCC4(C)N6c4ccc(C)cc4)C7=CC5)cc3CC3(C)CCCCC23C)cc1. The summed E-state index contributed by atoms with van der Waals surface area (Å²) in [5.74, 6) is 0.217. The van der Waals surface area contributed by atoms with Gasteiger partial charge in [-0.05, 0) is 180 Å². The van der Waals surface area contributed by atoms with Crippen molar-refractivity contribution in [3.8, 4) is 11.1 Å². The average molecular weight is 822 g/mol. The number of anilines is 4. The number of nitrogens with zero attached hydrogens (tertiary/aromatic N) is 3. The first-order chi connectivity index (χ1) is 30.5. The fourth-order valence-electron chi connectivity index (χ4n) is 13.9. The van der Waals surface area contributed by atoms with Crippen molar-refractivity contribution in [1.29, 1.82) is 0 Å². The highest BCUT2D eigenvalue weighted by molar-refractivity contribution is 6.09. The van der Waals surface area contributed by atoms with Gasteiger partial charge in [-0.3, -0.25) is 0 Å². The lowest BCUT2D eigenvalue weighted by molar-refractivity contribution is 0.0862. The molecule has 5 unspecified atom stereocenters. The summed E-state index contributed by atoms with van der Waals surface area (Å²) in [5.41, 5.74) is 20.3. The summed E-state index contributed by atoms with van der Waals surface area (Å²) in [6.45, 7) is 20.0. The third kappa shape index (κ3) is 5.56. The van der Waals surface area contributed by atoms with Gasteiger partial charge in [0.2, 0.25) is 0 Å². The number of allylic oxidation sites excluding steroid dienone is 3. The van der Waals surface area contributed by atoms with Gasteiger partial charge in [-0.25, -0.2) is 4.85 Å². The summed E-state index contributed by atoms with van der Waals surface area (Å²) in [7, 11) is 0. The molecule has 3 nitrogen and oxygen atoms in total. The molecule has 0 N–H and O–H groups in total. The van der Waals surface area contributed by atoms with Crippen LogP contribution < -0.4 is 9.80 Å². The molecule has 2 aliphatic heterocycles. The predicted octanol–water partition coefficient (Wildman–Crippen LogP) is 16.2. The number of fused-ring (bicyclic) bond motifs is 4. The zero-order valence-electron chi connectivity index (χ0n) is 37.8. The van der Waals surface area contributed by atoms with Crippen molar-refractivity contribution >= 4 is 50.9 Å². The van der Waals surface area contributed by atoms with E-state index >= 15 is 0 Å². The van der Waals surface area contributed by atoms with Crippen molar-refractivity contribution in [2.45, 2.75) is 122 Å². The van der Waals surface area contributed by atoms with Crippen molar-refractivity contribution in [2.24, 2.45) is 10.8 Å². The molecule has 2 saturated carbocycles. The summed E-state index contributed by atoms with van der Waals surface area (Å²) in [5, 5.41) is 2.81. The summed E-state index contributed by atoms with van der Waals surface area (Å²) < 4.78 is 0. The summed E-state index contributed by atoms with van der Waals surface area (Å²) in [6.07, 6.45) is 20.7. The molecule has 0 spiro atoms. The predicted molar refractivity (Wildman–Crippen MR) is 265 cm³/mol. The highest BCUT2D eigenvalue weighted by Gasteiger charge is 2.55. The van der Waals surface area contributed by atoms with Crippen LogP contribution in [0.25, 0.3) is 38.4 Å². The first-order valence-corrected chi connectivity index (χ1v) is 23.9. The summed E-state index contributed by atoms with van der Waals surface area (Å²) in [4.78, 5) is 9.10. The van der Waals surface area contributed by atoms with Crippen LogP contribution in [0, 0.1) is 24.3 Å². The molecule has 6 aromatic rings. The van der Waals surface area contributed by atoms with Gasteiger partial charge in [0.1, 0.15) is 0 Å². The van der Waals surface area contributed by atoms with Crippen LogP contribution in [0.5, 0.6) is 0 Å². The highest BCUT2D eigenvalue weighted by atomic mass is 15.2. The largest absolute Gasteiger partial charge is 0.335 e. The Bertz CT molecular complexity index is 2980. The molecular weight excluding hydrogens is 763 g/mol. The Morgan fingerprint density at radius 2 is 1.24 bits per heavy atom. The molecule has 314 valence electrons. The van der Waals surface area contributed by atoms with Crippen LogP contribution in [0.2, 0.25) is 0 Å². The first-order valence-electron chi connectivity index (χ1n) is 23.9. The second-order valence-electron chi connectivity index (χ2n) is 21.2. The summed E-state index contributed by atoms with van der Waals surface area (Å²) in [6, 6.07) is 42.1. The zero-order chi connectivity index (χ0) is 42.9. The molecule has 2 fully saturated rings. The Balaban J connectivity index is 0.939. The fourth-order valence-corrected chi connectivity index (χ4v) is 13.9. The number of aryl methyl sites for hydroxylation is 1. The van der Waals surface area contributed by atoms with Gasteiger partial charge in [0.15, 0.2) is 5.69 Å². The van der Waals surface area contributed by atoms with Gasteiger partial charge in [-0.1, -0.05) is 130 Å². The fraction of sp³-hybridized carbons (Fsp3) is 0.350. The minimum Gasteiger partial charge on any atom is -0.335 e. The molecule has 0 amide bonds. The number of hydrogen-bond acceptors (Lipinski definition) is 2. The highest BCUT2D eigenvalue weighted by Crippen LogP contribution is 2.60. The van der Waals surface area contributed by atoms with E-state index in [-0.39, 0.29) is 27.8 Å². The van der Waals surface area contributed by atoms with Crippen LogP contribution >= 0.6 is 0 Å². The monoisotopic (exact) mass is 821 g/mol. The molecule has 3 heteroatoms. The number of benzene rings is 6. The molecular formula is C60H59N3. The smallest absolute Gasteiger partial charge is 0.187 e. The van der Waals surface area contributed by atoms with Crippen molar-refractivity contribution in [3.63, 3.8) is 0 Å². The lowest BCUT2D eigenvalue weighted by Gasteiger charge is -2.60. The van der Waals surface area contributed by atoms with E-state index in [9.17, 15) is 0 Å². The van der Waals surface area contributed by atoms with Crippen molar-refractivity contribution in [2.75, 3.05) is 9.80 Å². The Hall–Kier alpha value is -5.85. The third-order valence-corrected chi connectivity index (χ3v) is 17.8. The molecule has 0 radical (unpaired) electrons. The molecule has 0 aromatic heterocycles. The van der Waals surface area contributed by atoms with Crippen LogP contribution in [0.4, 0.5) is 28.4 Å². The quantitative estimate of drug-likeness (QED) is 0.164. The van der Waals surface area contributed by atoms with E-state index in [2.05, 4.69) is 165 Å². The lowest BCUT2D eigenvalue weighted by atomic mass is 9.57. The molecule has 6 aliphatic rings. The molecule has 4 aliphatic carbocycles. The second kappa shape index (κ2) is 13.8. The maximum atomic E-state index is 7.59. The van der Waals surface area contributed by atoms with E-state index in [1.807, 2.05) is 12.1 Å². The normalized spacial score (nSPS) is 27.7. The van der Waals surface area contributed by atoms with Crippen molar-refractivity contribution in [1.82, 2.24) is 0 Å². The third-order valence-electron chi connectivity index (χ3n) is 17.8. The van der Waals surface area contributed by atoms with E-state index in [4.69, 9.17) is 6.57 Å². The van der Waals surface area contributed by atoms with Gasteiger partial charge in [-0.15, -0.1) is 0 Å². The van der Waals surface area contributed by atoms with E-state index in [0.717, 1.165) is 19.3 Å². The van der Waals surface area contributed by atoms with E-state index < -0.39 is 0 Å². The Morgan fingerprint density at radius 1 is 0.619 bits per heavy atom. The van der Waals surface area contributed by atoms with Gasteiger partial charge in [-0.2, -0.15) is 0 Å². The Morgan fingerprint density at radius 3 is 1.90 bits per heavy atom. The molecule has 12 rings (SSSR count). The van der Waals surface area contributed by atoms with Crippen LogP contribution in [-0.4, -0.2) is 11.1 Å². The number of rotatable bonds is 4. The van der Waals surface area contributed by atoms with Crippen molar-refractivity contribution < 1.29 is 0 Å². The van der Waals surface area contributed by atoms with E-state index in [1.54, 1.807) is 0 Å². The summed E-state index contributed by atoms with van der Waals surface area (Å²) >= 11 is 0. The van der Waals surface area contributed by atoms with Gasteiger partial charge < -0.3 is 9.80 Å². The minimum absolute atomic E-state index is 0.00352. The minimum atomic E-state index is 0.00352. The van der Waals surface area contributed by atoms with Gasteiger partial charge >= 0.3 is 0 Å². The van der Waals surface area contributed by atoms with Gasteiger partial charge in [0.05, 0.1) is 6.57 Å². The number of hydrogen-bond donors (Lipinski definition) is 0. The lowest BCUT2D eigenvalue weighted by Crippen LogP contribution is -2.60. The molecule has 63 heavy (non-hydrogen) atoms. The molecule has 0 saturated heterocycles. The standard InChI is InChI=1S/C60H59N3/c1-39-11-21-47(22-12-39)62-53-29-17-42(35-44(53)37-57(2)31-7-9-33-59(57,62)4)49-25-13-40-16-28-52-50(26-14-41-15-27-51(49)55(40)56(41)52)43-18-30-54-45(36-43)38-58(3)32-8-10-34-60(58,5)63(54)48-23-19-46(61-6)20-24-48/h11-14,16-30,35-36,49H,7-10,15,31-34,37-38H2,1-5H3. The molecule has 0 bridgehead atoms. The van der Waals surface area contributed by atoms with Crippen LogP contribution in [0.1, 0.15) is 124 Å². The molecule has 2 heterocycles. The van der Waals surface area contributed by atoms with E-state index in [0.29, 0.717) is 5.69 Å². The molecule has 6 aromatic carbocycles. The maximum Gasteiger partial charge on any atom is 0.187 e. The van der Waals surface area contributed by atoms with Crippen LogP contribution in [-0.2, 0) is 19.3 Å².